The van der Waals surface area contributed by atoms with Gasteiger partial charge >= 0.3 is 0 Å². The molecule has 0 amide bonds. The van der Waals surface area contributed by atoms with Crippen molar-refractivity contribution in [2.75, 3.05) is 0 Å². The van der Waals surface area contributed by atoms with Gasteiger partial charge in [-0.15, -0.1) is 45.3 Å². The summed E-state index contributed by atoms with van der Waals surface area (Å²) in [6, 6.07) is 30.6. The third-order valence-corrected chi connectivity index (χ3v) is 12.4. The maximum absolute atomic E-state index is 4.34. The Balaban J connectivity index is 0.0000000923. The minimum Gasteiger partial charge on any atom is -0.264 e. The van der Waals surface area contributed by atoms with Gasteiger partial charge in [0, 0.05) is 91.3 Å². The molecule has 248 valence electrons. The lowest BCUT2D eigenvalue weighted by Gasteiger charge is -1.87. The molecule has 52 heavy (non-hydrogen) atoms. The fourth-order valence-corrected chi connectivity index (χ4v) is 9.82. The molecule has 12 heteroatoms. The minimum absolute atomic E-state index is 1.00. The highest BCUT2D eigenvalue weighted by Crippen LogP contribution is 2.33. The second kappa shape index (κ2) is 14.4. The first-order valence-electron chi connectivity index (χ1n) is 16.1. The van der Waals surface area contributed by atoms with Crippen LogP contribution in [0.3, 0.4) is 0 Å². The van der Waals surface area contributed by atoms with Gasteiger partial charge in [-0.3, -0.25) is 9.97 Å². The molecule has 0 saturated carbocycles. The lowest BCUT2D eigenvalue weighted by atomic mass is 10.2. The van der Waals surface area contributed by atoms with E-state index in [1.807, 2.05) is 85.8 Å². The van der Waals surface area contributed by atoms with Crippen molar-refractivity contribution in [2.24, 2.45) is 0 Å². The maximum atomic E-state index is 4.34. The van der Waals surface area contributed by atoms with E-state index in [0.29, 0.717) is 0 Å². The van der Waals surface area contributed by atoms with Crippen LogP contribution in [0.15, 0.2) is 147 Å². The van der Waals surface area contributed by atoms with Crippen LogP contribution in [0.4, 0.5) is 0 Å². The van der Waals surface area contributed by atoms with E-state index in [1.54, 1.807) is 57.9 Å². The van der Waals surface area contributed by atoms with E-state index in [0.717, 1.165) is 45.8 Å². The van der Waals surface area contributed by atoms with E-state index in [2.05, 4.69) is 88.4 Å². The van der Waals surface area contributed by atoms with E-state index in [4.69, 9.17) is 0 Å². The van der Waals surface area contributed by atoms with Crippen LogP contribution < -0.4 is 0 Å². The summed E-state index contributed by atoms with van der Waals surface area (Å²) < 4.78 is 4.87. The first-order chi connectivity index (χ1) is 25.8. The molecule has 0 fully saturated rings. The van der Waals surface area contributed by atoms with Crippen molar-refractivity contribution in [1.29, 1.82) is 0 Å². The van der Waals surface area contributed by atoms with Gasteiger partial charge in [0.05, 0.1) is 20.4 Å². The summed E-state index contributed by atoms with van der Waals surface area (Å²) in [5, 5.41) is 7.26. The van der Waals surface area contributed by atoms with Gasteiger partial charge in [-0.05, 0) is 72.8 Å². The van der Waals surface area contributed by atoms with Crippen molar-refractivity contribution in [1.82, 2.24) is 39.9 Å². The van der Waals surface area contributed by atoms with E-state index < -0.39 is 0 Å². The zero-order chi connectivity index (χ0) is 34.7. The van der Waals surface area contributed by atoms with Crippen LogP contribution in [0, 0.1) is 0 Å². The Labute approximate surface area is 311 Å². The molecular formula is C40H24N8S4. The van der Waals surface area contributed by atoms with Crippen LogP contribution in [0.1, 0.15) is 0 Å². The molecule has 11 aromatic heterocycles. The van der Waals surface area contributed by atoms with Crippen LogP contribution in [-0.2, 0) is 0 Å². The number of thiophene rings is 4. The summed E-state index contributed by atoms with van der Waals surface area (Å²) in [5.41, 5.74) is 2.07. The second-order valence-electron chi connectivity index (χ2n) is 11.3. The number of rotatable bonds is 0. The molecule has 0 N–H and O–H groups in total. The Morgan fingerprint density at radius 1 is 0.308 bits per heavy atom. The molecule has 0 aliphatic rings. The Morgan fingerprint density at radius 2 is 0.788 bits per heavy atom. The first kappa shape index (κ1) is 32.0. The fraction of sp³-hybridized carbons (Fsp3) is 0. The van der Waals surface area contributed by atoms with Crippen LogP contribution in [-0.4, -0.2) is 39.9 Å². The fourth-order valence-electron chi connectivity index (χ4n) is 5.80. The molecule has 1 aromatic carbocycles. The number of hydrogen-bond acceptors (Lipinski definition) is 12. The van der Waals surface area contributed by atoms with Gasteiger partial charge in [-0.1, -0.05) is 18.2 Å². The largest absolute Gasteiger partial charge is 0.264 e. The summed E-state index contributed by atoms with van der Waals surface area (Å²) in [5.74, 6) is 0. The van der Waals surface area contributed by atoms with E-state index in [1.165, 1.54) is 35.6 Å². The summed E-state index contributed by atoms with van der Waals surface area (Å²) in [4.78, 5) is 38.2. The molecular weight excluding hydrogens is 721 g/mol. The Hall–Kier alpha value is -5.92. The normalized spacial score (nSPS) is 11.1. The predicted octanol–water partition coefficient (Wildman–Crippen LogP) is 11.4. The topological polar surface area (TPSA) is 103 Å². The van der Waals surface area contributed by atoms with E-state index in [-0.39, 0.29) is 0 Å². The molecule has 0 aliphatic heterocycles. The number of benzene rings is 1. The lowest BCUT2D eigenvalue weighted by molar-refractivity contribution is 1.23. The van der Waals surface area contributed by atoms with Crippen LogP contribution in [0.2, 0.25) is 0 Å². The minimum atomic E-state index is 1.00. The van der Waals surface area contributed by atoms with Crippen molar-refractivity contribution < 1.29 is 0 Å². The van der Waals surface area contributed by atoms with E-state index >= 15 is 0 Å². The highest BCUT2D eigenvalue weighted by molar-refractivity contribution is 7.26. The van der Waals surface area contributed by atoms with Crippen LogP contribution >= 0.6 is 45.3 Å². The summed E-state index contributed by atoms with van der Waals surface area (Å²) in [6.45, 7) is 0. The second-order valence-corrected chi connectivity index (χ2v) is 15.4. The molecule has 8 nitrogen and oxygen atoms in total. The van der Waals surface area contributed by atoms with Gasteiger partial charge in [0.15, 0.2) is 0 Å². The first-order valence-corrected chi connectivity index (χ1v) is 19.4. The monoisotopic (exact) mass is 744 g/mol. The number of pyridine rings is 6. The van der Waals surface area contributed by atoms with Gasteiger partial charge in [0.2, 0.25) is 0 Å². The molecule has 0 unspecified atom stereocenters. The van der Waals surface area contributed by atoms with Gasteiger partial charge in [0.25, 0.3) is 0 Å². The molecule has 12 rings (SSSR count). The SMILES string of the molecule is c1ccc2c(c1)sc1ncccc12.c1cnc2c(c1)sc1ncccc12.c1cnc2sc3ccncc3c2c1.c1cnc2sc3cncnc3c2c1. The number of fused-ring (bicyclic) bond motifs is 12. The third-order valence-electron chi connectivity index (χ3n) is 8.12. The molecule has 0 atom stereocenters. The van der Waals surface area contributed by atoms with Gasteiger partial charge < -0.3 is 0 Å². The summed E-state index contributed by atoms with van der Waals surface area (Å²) in [7, 11) is 0. The zero-order valence-corrected chi connectivity index (χ0v) is 30.3. The molecule has 0 bridgehead atoms. The molecule has 0 saturated heterocycles. The van der Waals surface area contributed by atoms with Gasteiger partial charge in [-0.25, -0.2) is 29.9 Å². The zero-order valence-electron chi connectivity index (χ0n) is 27.1. The highest BCUT2D eigenvalue weighted by atomic mass is 32.1. The van der Waals surface area contributed by atoms with Crippen molar-refractivity contribution >= 4 is 127 Å². The van der Waals surface area contributed by atoms with Crippen molar-refractivity contribution in [3.63, 3.8) is 0 Å². The third kappa shape index (κ3) is 6.29. The van der Waals surface area contributed by atoms with Crippen molar-refractivity contribution in [3.05, 3.63) is 147 Å². The molecule has 0 radical (unpaired) electrons. The lowest BCUT2D eigenvalue weighted by Crippen LogP contribution is -1.75. The maximum Gasteiger partial charge on any atom is 0.126 e. The molecule has 0 aliphatic carbocycles. The number of hydrogen-bond donors (Lipinski definition) is 0. The standard InChI is InChI=1S/C11H7NS.2C10H6N2S.C9H5N3S/c1-2-6-10-8(4-1)9-5-3-7-12-11(9)13-10;1-3-7-9-8(4-2-5-11-9)13-10(7)12-6-1;1-2-7-8-6-11-5-3-9(8)13-10(7)12-4-1;1-2-6-8-7(4-10-5-12-8)13-9(6)11-3-1/h1-7H;2*1-6H;1-5H. The average molecular weight is 745 g/mol. The summed E-state index contributed by atoms with van der Waals surface area (Å²) >= 11 is 6.77. The number of aromatic nitrogens is 8. The number of nitrogens with zero attached hydrogens (tertiary/aromatic N) is 8. The van der Waals surface area contributed by atoms with Gasteiger partial charge in [-0.2, -0.15) is 0 Å². The van der Waals surface area contributed by atoms with Crippen molar-refractivity contribution in [2.45, 2.75) is 0 Å². The van der Waals surface area contributed by atoms with Gasteiger partial charge in [0.1, 0.15) is 25.6 Å². The molecule has 11 heterocycles. The highest BCUT2D eigenvalue weighted by Gasteiger charge is 2.07. The quantitative estimate of drug-likeness (QED) is 0.151. The Morgan fingerprint density at radius 3 is 1.50 bits per heavy atom. The Kier molecular flexibility index (Phi) is 8.85. The Bertz CT molecular complexity index is 2510. The summed E-state index contributed by atoms with van der Waals surface area (Å²) in [6.07, 6.45) is 16.2. The van der Waals surface area contributed by atoms with Crippen LogP contribution in [0.25, 0.3) is 81.5 Å². The predicted molar refractivity (Wildman–Crippen MR) is 220 cm³/mol. The average Bonchev–Trinajstić information content (AvgIpc) is 3.98. The van der Waals surface area contributed by atoms with E-state index in [9.17, 15) is 0 Å². The van der Waals surface area contributed by atoms with Crippen molar-refractivity contribution in [3.8, 4) is 0 Å². The van der Waals surface area contributed by atoms with Crippen LogP contribution in [0.5, 0.6) is 0 Å². The molecule has 12 aromatic rings. The smallest absolute Gasteiger partial charge is 0.126 e. The molecule has 0 spiro atoms.